The number of hydrogen-bond acceptors (Lipinski definition) is 2. The van der Waals surface area contributed by atoms with Gasteiger partial charge in [0.2, 0.25) is 0 Å². The van der Waals surface area contributed by atoms with Crippen molar-refractivity contribution in [3.63, 3.8) is 0 Å². The van der Waals surface area contributed by atoms with Crippen molar-refractivity contribution < 1.29 is 13.6 Å². The Labute approximate surface area is 165 Å². The highest BCUT2D eigenvalue weighted by Gasteiger charge is 2.25. The van der Waals surface area contributed by atoms with E-state index < -0.39 is 17.5 Å². The van der Waals surface area contributed by atoms with Gasteiger partial charge in [-0.05, 0) is 35.9 Å². The first-order valence-electron chi connectivity index (χ1n) is 9.12. The summed E-state index contributed by atoms with van der Waals surface area (Å²) in [5.41, 5.74) is 6.26. The molecule has 2 N–H and O–H groups in total. The fourth-order valence-electron chi connectivity index (χ4n) is 3.72. The predicted molar refractivity (Wildman–Crippen MR) is 107 cm³/mol. The third-order valence-corrected chi connectivity index (χ3v) is 5.09. The highest BCUT2D eigenvalue weighted by Crippen LogP contribution is 2.40. The number of H-pyrrole nitrogens is 1. The molecule has 4 aromatic rings. The van der Waals surface area contributed by atoms with Crippen LogP contribution in [0.4, 0.5) is 14.5 Å². The summed E-state index contributed by atoms with van der Waals surface area (Å²) in [6.45, 7) is 0. The molecule has 0 fully saturated rings. The second-order valence-corrected chi connectivity index (χ2v) is 6.92. The van der Waals surface area contributed by atoms with E-state index in [0.29, 0.717) is 12.1 Å². The molecule has 1 heterocycles. The van der Waals surface area contributed by atoms with Crippen LogP contribution in [0.1, 0.15) is 21.5 Å². The van der Waals surface area contributed by atoms with Crippen LogP contribution in [0.3, 0.4) is 0 Å². The van der Waals surface area contributed by atoms with Crippen molar-refractivity contribution in [2.24, 2.45) is 0 Å². The minimum Gasteiger partial charge on any atom is -0.322 e. The fourth-order valence-corrected chi connectivity index (χ4v) is 3.72. The van der Waals surface area contributed by atoms with E-state index in [4.69, 9.17) is 0 Å². The molecule has 29 heavy (non-hydrogen) atoms. The van der Waals surface area contributed by atoms with Crippen molar-refractivity contribution in [3.8, 4) is 22.5 Å². The highest BCUT2D eigenvalue weighted by molar-refractivity contribution is 6.04. The van der Waals surface area contributed by atoms with E-state index in [-0.39, 0.29) is 5.56 Å². The molecule has 0 atom stereocenters. The summed E-state index contributed by atoms with van der Waals surface area (Å²) in [5.74, 6) is -2.12. The van der Waals surface area contributed by atoms with Crippen LogP contribution in [-0.4, -0.2) is 16.1 Å². The van der Waals surface area contributed by atoms with Crippen LogP contribution >= 0.6 is 0 Å². The molecule has 0 unspecified atom stereocenters. The number of carbonyl (C=O) groups is 1. The van der Waals surface area contributed by atoms with Gasteiger partial charge in [0.1, 0.15) is 11.6 Å². The van der Waals surface area contributed by atoms with Gasteiger partial charge in [0.05, 0.1) is 17.0 Å². The largest absolute Gasteiger partial charge is 0.322 e. The molecule has 1 amide bonds. The van der Waals surface area contributed by atoms with Crippen LogP contribution in [-0.2, 0) is 6.42 Å². The highest BCUT2D eigenvalue weighted by atomic mass is 19.1. The number of anilines is 1. The zero-order valence-corrected chi connectivity index (χ0v) is 15.2. The minimum atomic E-state index is -0.765. The van der Waals surface area contributed by atoms with Crippen LogP contribution < -0.4 is 5.32 Å². The third kappa shape index (κ3) is 2.99. The lowest BCUT2D eigenvalue weighted by molar-refractivity contribution is 0.102. The lowest BCUT2D eigenvalue weighted by atomic mass is 10.1. The maximum atomic E-state index is 13.8. The van der Waals surface area contributed by atoms with Gasteiger partial charge in [-0.1, -0.05) is 36.4 Å². The maximum Gasteiger partial charge on any atom is 0.258 e. The van der Waals surface area contributed by atoms with Gasteiger partial charge >= 0.3 is 0 Å². The number of aromatic amines is 1. The molecule has 0 saturated heterocycles. The molecule has 0 bridgehead atoms. The quantitative estimate of drug-likeness (QED) is 0.448. The van der Waals surface area contributed by atoms with E-state index in [0.717, 1.165) is 51.8 Å². The van der Waals surface area contributed by atoms with Gasteiger partial charge in [-0.3, -0.25) is 9.89 Å². The van der Waals surface area contributed by atoms with E-state index in [2.05, 4.69) is 15.5 Å². The molecule has 5 rings (SSSR count). The van der Waals surface area contributed by atoms with Crippen molar-refractivity contribution in [2.45, 2.75) is 6.42 Å². The second-order valence-electron chi connectivity index (χ2n) is 6.92. The number of amides is 1. The molecule has 4 nitrogen and oxygen atoms in total. The van der Waals surface area contributed by atoms with Crippen molar-refractivity contribution >= 4 is 11.6 Å². The van der Waals surface area contributed by atoms with Gasteiger partial charge in [-0.25, -0.2) is 8.78 Å². The number of benzene rings is 3. The number of fused-ring (bicyclic) bond motifs is 3. The van der Waals surface area contributed by atoms with Gasteiger partial charge in [0.25, 0.3) is 5.91 Å². The molecule has 0 radical (unpaired) electrons. The predicted octanol–water partition coefficient (Wildman–Crippen LogP) is 5.18. The van der Waals surface area contributed by atoms with Crippen LogP contribution in [0, 0.1) is 11.6 Å². The van der Waals surface area contributed by atoms with Crippen molar-refractivity contribution in [2.75, 3.05) is 5.32 Å². The van der Waals surface area contributed by atoms with Crippen LogP contribution in [0.5, 0.6) is 0 Å². The SMILES string of the molecule is O=C(Nc1ccc2c(c1)Cc1c(-c3ccccc3)n[nH]c1-2)c1cc(F)ccc1F. The number of rotatable bonds is 3. The number of carbonyl (C=O) groups excluding carboxylic acids is 1. The minimum absolute atomic E-state index is 0.328. The normalized spacial score (nSPS) is 11.8. The van der Waals surface area contributed by atoms with Crippen molar-refractivity contribution in [1.29, 1.82) is 0 Å². The van der Waals surface area contributed by atoms with Crippen molar-refractivity contribution in [1.82, 2.24) is 10.2 Å². The van der Waals surface area contributed by atoms with E-state index in [1.165, 1.54) is 0 Å². The molecular formula is C23H15F2N3O. The van der Waals surface area contributed by atoms with Crippen LogP contribution in [0.15, 0.2) is 66.7 Å². The molecule has 0 aliphatic heterocycles. The zero-order chi connectivity index (χ0) is 20.0. The molecule has 0 saturated carbocycles. The molecule has 0 spiro atoms. The molecule has 142 valence electrons. The van der Waals surface area contributed by atoms with Gasteiger partial charge in [-0.2, -0.15) is 5.10 Å². The van der Waals surface area contributed by atoms with Gasteiger partial charge in [0, 0.05) is 28.8 Å². The molecule has 1 aliphatic carbocycles. The number of hydrogen-bond donors (Lipinski definition) is 2. The molecule has 3 aromatic carbocycles. The molecule has 1 aliphatic rings. The number of aromatic nitrogens is 2. The molecule has 1 aromatic heterocycles. The summed E-state index contributed by atoms with van der Waals surface area (Å²) in [5, 5.41) is 10.2. The summed E-state index contributed by atoms with van der Waals surface area (Å²) in [6.07, 6.45) is 0.670. The van der Waals surface area contributed by atoms with Gasteiger partial charge in [0.15, 0.2) is 0 Å². The summed E-state index contributed by atoms with van der Waals surface area (Å²) < 4.78 is 27.2. The van der Waals surface area contributed by atoms with Gasteiger partial charge < -0.3 is 5.32 Å². The monoisotopic (exact) mass is 387 g/mol. The summed E-state index contributed by atoms with van der Waals surface area (Å²) >= 11 is 0. The Morgan fingerprint density at radius 1 is 1.00 bits per heavy atom. The second kappa shape index (κ2) is 6.67. The molecular weight excluding hydrogens is 372 g/mol. The third-order valence-electron chi connectivity index (χ3n) is 5.09. The Bertz CT molecular complexity index is 1250. The van der Waals surface area contributed by atoms with Crippen LogP contribution in [0.25, 0.3) is 22.5 Å². The van der Waals surface area contributed by atoms with Crippen molar-refractivity contribution in [3.05, 3.63) is 95.1 Å². The standard InChI is InChI=1S/C23H15F2N3O/c24-15-6-9-20(25)18(12-15)23(29)26-16-7-8-17-14(10-16)11-19-21(27-28-22(17)19)13-4-2-1-3-5-13/h1-10,12H,11H2,(H,26,29)(H,27,28). The van der Waals surface area contributed by atoms with Crippen LogP contribution in [0.2, 0.25) is 0 Å². The Balaban J connectivity index is 1.43. The maximum absolute atomic E-state index is 13.8. The first-order valence-corrected chi connectivity index (χ1v) is 9.12. The van der Waals surface area contributed by atoms with E-state index in [1.807, 2.05) is 42.5 Å². The Hall–Kier alpha value is -3.80. The first-order chi connectivity index (χ1) is 14.1. The average Bonchev–Trinajstić information content (AvgIpc) is 3.29. The van der Waals surface area contributed by atoms with E-state index in [1.54, 1.807) is 6.07 Å². The van der Waals surface area contributed by atoms with E-state index in [9.17, 15) is 13.6 Å². The summed E-state index contributed by atoms with van der Waals surface area (Å²) in [7, 11) is 0. The zero-order valence-electron chi connectivity index (χ0n) is 15.2. The topological polar surface area (TPSA) is 57.8 Å². The smallest absolute Gasteiger partial charge is 0.258 e. The first kappa shape index (κ1) is 17.3. The average molecular weight is 387 g/mol. The molecule has 6 heteroatoms. The summed E-state index contributed by atoms with van der Waals surface area (Å²) in [4.78, 5) is 12.4. The Morgan fingerprint density at radius 3 is 2.66 bits per heavy atom. The Morgan fingerprint density at radius 2 is 1.83 bits per heavy atom. The lowest BCUT2D eigenvalue weighted by Gasteiger charge is -2.08. The fraction of sp³-hybridized carbons (Fsp3) is 0.0435. The summed E-state index contributed by atoms with van der Waals surface area (Å²) in [6, 6.07) is 18.2. The lowest BCUT2D eigenvalue weighted by Crippen LogP contribution is -2.14. The number of nitrogens with one attached hydrogen (secondary N) is 2. The Kier molecular flexibility index (Phi) is 3.98. The number of nitrogens with zero attached hydrogens (tertiary/aromatic N) is 1. The van der Waals surface area contributed by atoms with Gasteiger partial charge in [-0.15, -0.1) is 0 Å². The van der Waals surface area contributed by atoms with E-state index >= 15 is 0 Å². The number of halogens is 2.